The van der Waals surface area contributed by atoms with Crippen LogP contribution in [0.15, 0.2) is 40.1 Å². The standard InChI is InChI=1S/C19H22N4O3/c1-13-5-4-6-14(11-13)17-16-15(20(2)19(25)21(3)18(16)24)12-23(17)22-7-9-26-10-8-22/h4-6,11-12H,7-10H2,1-3H3. The molecule has 1 aromatic carbocycles. The van der Waals surface area contributed by atoms with Crippen LogP contribution in [-0.4, -0.2) is 40.1 Å². The number of aromatic nitrogens is 3. The van der Waals surface area contributed by atoms with Crippen LogP contribution in [0.2, 0.25) is 0 Å². The van der Waals surface area contributed by atoms with E-state index >= 15 is 0 Å². The van der Waals surface area contributed by atoms with Crippen LogP contribution < -0.4 is 16.3 Å². The van der Waals surface area contributed by atoms with Gasteiger partial charge in [-0.2, -0.15) is 0 Å². The second-order valence-corrected chi connectivity index (χ2v) is 6.72. The third-order valence-electron chi connectivity index (χ3n) is 5.00. The molecule has 1 aliphatic rings. The third kappa shape index (κ3) is 2.47. The number of rotatable bonds is 2. The predicted molar refractivity (Wildman–Crippen MR) is 101 cm³/mol. The number of nitrogens with zero attached hydrogens (tertiary/aromatic N) is 4. The molecule has 7 nitrogen and oxygen atoms in total. The van der Waals surface area contributed by atoms with Crippen molar-refractivity contribution in [1.29, 1.82) is 0 Å². The van der Waals surface area contributed by atoms with Crippen molar-refractivity contribution in [3.8, 4) is 11.3 Å². The van der Waals surface area contributed by atoms with Crippen LogP contribution in [0.5, 0.6) is 0 Å². The summed E-state index contributed by atoms with van der Waals surface area (Å²) >= 11 is 0. The van der Waals surface area contributed by atoms with E-state index in [9.17, 15) is 9.59 Å². The minimum Gasteiger partial charge on any atom is -0.378 e. The highest BCUT2D eigenvalue weighted by Gasteiger charge is 2.23. The first-order valence-electron chi connectivity index (χ1n) is 8.70. The van der Waals surface area contributed by atoms with Crippen LogP contribution in [0.4, 0.5) is 0 Å². The molecule has 26 heavy (non-hydrogen) atoms. The quantitative estimate of drug-likeness (QED) is 0.688. The Hall–Kier alpha value is -2.80. The molecule has 1 aliphatic heterocycles. The first-order chi connectivity index (χ1) is 12.5. The lowest BCUT2D eigenvalue weighted by atomic mass is 10.1. The summed E-state index contributed by atoms with van der Waals surface area (Å²) < 4.78 is 10.2. The monoisotopic (exact) mass is 354 g/mol. The van der Waals surface area contributed by atoms with E-state index in [1.165, 1.54) is 16.2 Å². The molecule has 7 heteroatoms. The zero-order valence-electron chi connectivity index (χ0n) is 15.2. The van der Waals surface area contributed by atoms with Gasteiger partial charge in [0, 0.05) is 19.7 Å². The normalized spacial score (nSPS) is 15.0. The van der Waals surface area contributed by atoms with Gasteiger partial charge in [0.25, 0.3) is 5.56 Å². The predicted octanol–water partition coefficient (Wildman–Crippen LogP) is 0.982. The minimum absolute atomic E-state index is 0.272. The molecule has 0 radical (unpaired) electrons. The van der Waals surface area contributed by atoms with E-state index in [4.69, 9.17) is 4.74 Å². The molecular formula is C19H22N4O3. The van der Waals surface area contributed by atoms with Crippen molar-refractivity contribution in [3.63, 3.8) is 0 Å². The largest absolute Gasteiger partial charge is 0.378 e. The van der Waals surface area contributed by atoms with E-state index in [-0.39, 0.29) is 11.2 Å². The first-order valence-corrected chi connectivity index (χ1v) is 8.70. The van der Waals surface area contributed by atoms with Gasteiger partial charge in [-0.25, -0.2) is 4.79 Å². The van der Waals surface area contributed by atoms with Gasteiger partial charge in [-0.15, -0.1) is 0 Å². The molecule has 0 unspecified atom stereocenters. The zero-order valence-corrected chi connectivity index (χ0v) is 15.2. The Labute approximate surface area is 150 Å². The molecule has 0 amide bonds. The summed E-state index contributed by atoms with van der Waals surface area (Å²) in [6, 6.07) is 8.08. The van der Waals surface area contributed by atoms with Crippen LogP contribution in [0.3, 0.4) is 0 Å². The van der Waals surface area contributed by atoms with E-state index in [1.807, 2.05) is 36.0 Å². The Kier molecular flexibility index (Phi) is 3.96. The molecule has 0 bridgehead atoms. The fourth-order valence-corrected chi connectivity index (χ4v) is 3.59. The highest BCUT2D eigenvalue weighted by Crippen LogP contribution is 2.29. The van der Waals surface area contributed by atoms with Gasteiger partial charge in [0.15, 0.2) is 0 Å². The van der Waals surface area contributed by atoms with E-state index in [0.717, 1.165) is 29.9 Å². The molecule has 3 aromatic rings. The second kappa shape index (κ2) is 6.17. The van der Waals surface area contributed by atoms with Crippen molar-refractivity contribution in [2.24, 2.45) is 14.1 Å². The summed E-state index contributed by atoms with van der Waals surface area (Å²) in [4.78, 5) is 25.3. The molecule has 0 aliphatic carbocycles. The fraction of sp³-hybridized carbons (Fsp3) is 0.368. The second-order valence-electron chi connectivity index (χ2n) is 6.72. The number of morpholine rings is 1. The first kappa shape index (κ1) is 16.7. The average molecular weight is 354 g/mol. The molecule has 0 saturated carbocycles. The number of ether oxygens (including phenoxy) is 1. The summed E-state index contributed by atoms with van der Waals surface area (Å²) in [7, 11) is 3.23. The van der Waals surface area contributed by atoms with E-state index in [0.29, 0.717) is 24.1 Å². The van der Waals surface area contributed by atoms with E-state index in [1.54, 1.807) is 7.05 Å². The highest BCUT2D eigenvalue weighted by atomic mass is 16.5. The molecule has 3 heterocycles. The fourth-order valence-electron chi connectivity index (χ4n) is 3.59. The third-order valence-corrected chi connectivity index (χ3v) is 5.00. The van der Waals surface area contributed by atoms with Crippen LogP contribution in [-0.2, 0) is 18.8 Å². The van der Waals surface area contributed by atoms with Gasteiger partial charge < -0.3 is 9.75 Å². The number of fused-ring (bicyclic) bond motifs is 1. The molecule has 0 spiro atoms. The van der Waals surface area contributed by atoms with Crippen molar-refractivity contribution >= 4 is 10.9 Å². The molecule has 0 N–H and O–H groups in total. The van der Waals surface area contributed by atoms with Crippen molar-refractivity contribution in [3.05, 3.63) is 56.9 Å². The lowest BCUT2D eigenvalue weighted by Crippen LogP contribution is -2.43. The van der Waals surface area contributed by atoms with Crippen molar-refractivity contribution < 1.29 is 4.74 Å². The van der Waals surface area contributed by atoms with Crippen molar-refractivity contribution in [2.75, 3.05) is 31.3 Å². The Morgan fingerprint density at radius 1 is 1.04 bits per heavy atom. The SMILES string of the molecule is Cc1cccc(-c2c3c(=O)n(C)c(=O)n(C)c3cn2N2CCOCC2)c1. The molecule has 1 fully saturated rings. The number of hydrogen-bond acceptors (Lipinski definition) is 4. The van der Waals surface area contributed by atoms with Crippen LogP contribution in [0.1, 0.15) is 5.56 Å². The van der Waals surface area contributed by atoms with Crippen LogP contribution >= 0.6 is 0 Å². The van der Waals surface area contributed by atoms with Gasteiger partial charge in [-0.1, -0.05) is 23.8 Å². The van der Waals surface area contributed by atoms with Gasteiger partial charge in [0.1, 0.15) is 0 Å². The highest BCUT2D eigenvalue weighted by molar-refractivity contribution is 5.94. The Morgan fingerprint density at radius 2 is 1.77 bits per heavy atom. The van der Waals surface area contributed by atoms with Crippen LogP contribution in [0.25, 0.3) is 22.2 Å². The lowest BCUT2D eigenvalue weighted by molar-refractivity contribution is 0.111. The topological polar surface area (TPSA) is 61.4 Å². The molecule has 4 rings (SSSR count). The summed E-state index contributed by atoms with van der Waals surface area (Å²) in [5, 5.41) is 2.72. The number of hydrogen-bond donors (Lipinski definition) is 0. The maximum absolute atomic E-state index is 13.0. The molecular weight excluding hydrogens is 332 g/mol. The number of benzene rings is 1. The minimum atomic E-state index is -0.322. The van der Waals surface area contributed by atoms with Gasteiger partial charge >= 0.3 is 5.69 Å². The molecule has 2 aromatic heterocycles. The average Bonchev–Trinajstić information content (AvgIpc) is 3.06. The van der Waals surface area contributed by atoms with Crippen molar-refractivity contribution in [1.82, 2.24) is 13.8 Å². The summed E-state index contributed by atoms with van der Waals surface area (Å²) in [6.45, 7) is 4.77. The Morgan fingerprint density at radius 3 is 2.46 bits per heavy atom. The van der Waals surface area contributed by atoms with E-state index < -0.39 is 0 Å². The Bertz CT molecular complexity index is 1100. The smallest absolute Gasteiger partial charge is 0.330 e. The molecule has 0 atom stereocenters. The Balaban J connectivity index is 2.11. The van der Waals surface area contributed by atoms with Crippen LogP contribution in [0, 0.1) is 6.92 Å². The zero-order chi connectivity index (χ0) is 18.4. The van der Waals surface area contributed by atoms with Gasteiger partial charge in [0.05, 0.1) is 49.1 Å². The summed E-state index contributed by atoms with van der Waals surface area (Å²) in [6.07, 6.45) is 1.89. The van der Waals surface area contributed by atoms with Crippen molar-refractivity contribution in [2.45, 2.75) is 6.92 Å². The lowest BCUT2D eigenvalue weighted by Gasteiger charge is -2.31. The number of aryl methyl sites for hydroxylation is 2. The maximum Gasteiger partial charge on any atom is 0.330 e. The summed E-state index contributed by atoms with van der Waals surface area (Å²) in [5.41, 5.74) is 2.95. The summed E-state index contributed by atoms with van der Waals surface area (Å²) in [5.74, 6) is 0. The van der Waals surface area contributed by atoms with Gasteiger partial charge in [-0.05, 0) is 13.0 Å². The van der Waals surface area contributed by atoms with Gasteiger partial charge in [0.2, 0.25) is 0 Å². The van der Waals surface area contributed by atoms with Gasteiger partial charge in [-0.3, -0.25) is 18.6 Å². The van der Waals surface area contributed by atoms with E-state index in [2.05, 4.69) is 11.1 Å². The molecule has 1 saturated heterocycles. The molecule has 136 valence electrons. The maximum atomic E-state index is 13.0.